The number of aliphatic hydroxyl groups excluding tert-OH is 1. The van der Waals surface area contributed by atoms with Crippen LogP contribution in [0.3, 0.4) is 0 Å². The molecule has 0 spiro atoms. The molecule has 0 heterocycles. The van der Waals surface area contributed by atoms with Crippen molar-refractivity contribution in [1.29, 1.82) is 0 Å². The number of rotatable bonds is 2. The van der Waals surface area contributed by atoms with Gasteiger partial charge in [-0.15, -0.1) is 0 Å². The molecule has 1 atom stereocenters. The van der Waals surface area contributed by atoms with E-state index in [0.717, 1.165) is 0 Å². The Bertz CT molecular complexity index is 295. The summed E-state index contributed by atoms with van der Waals surface area (Å²) in [6, 6.07) is 5.77. The summed E-state index contributed by atoms with van der Waals surface area (Å²) in [5, 5.41) is 26.5. The van der Waals surface area contributed by atoms with E-state index in [1.165, 1.54) is 12.1 Å². The molecule has 0 aliphatic carbocycles. The van der Waals surface area contributed by atoms with Gasteiger partial charge < -0.3 is 15.3 Å². The molecule has 0 fully saturated rings. The van der Waals surface area contributed by atoms with Crippen molar-refractivity contribution in [2.45, 2.75) is 6.10 Å². The highest BCUT2D eigenvalue weighted by molar-refractivity contribution is 5.75. The first-order chi connectivity index (χ1) is 5.63. The third-order valence-electron chi connectivity index (χ3n) is 1.47. The molecule has 64 valence electrons. The van der Waals surface area contributed by atoms with Crippen LogP contribution in [0.15, 0.2) is 24.3 Å². The van der Waals surface area contributed by atoms with Crippen LogP contribution in [-0.2, 0) is 4.79 Å². The number of phenolic OH excluding ortho intramolecular Hbond substituents is 1. The second-order valence-corrected chi connectivity index (χ2v) is 2.30. The Morgan fingerprint density at radius 1 is 1.33 bits per heavy atom. The average molecular weight is 168 g/mol. The number of carboxylic acids is 1. The normalized spacial score (nSPS) is 12.4. The summed E-state index contributed by atoms with van der Waals surface area (Å²) in [6.07, 6.45) is -1.66. The lowest BCUT2D eigenvalue weighted by molar-refractivity contribution is -0.147. The molecule has 3 N–H and O–H groups in total. The second kappa shape index (κ2) is 3.23. The molecule has 0 saturated carbocycles. The largest absolute Gasteiger partial charge is 0.508 e. The van der Waals surface area contributed by atoms with Gasteiger partial charge in [-0.05, 0) is 6.07 Å². The number of hydrogen-bond acceptors (Lipinski definition) is 3. The van der Waals surface area contributed by atoms with Gasteiger partial charge in [0.05, 0.1) is 0 Å². The highest BCUT2D eigenvalue weighted by atomic mass is 16.4. The molecule has 0 bridgehead atoms. The van der Waals surface area contributed by atoms with Crippen molar-refractivity contribution in [1.82, 2.24) is 0 Å². The minimum atomic E-state index is -1.66. The SMILES string of the molecule is O=C(O)[C@H](O)c1ccccc1O. The fraction of sp³-hybridized carbons (Fsp3) is 0.125. The quantitative estimate of drug-likeness (QED) is 0.601. The molecule has 1 aromatic rings. The molecule has 0 aliphatic heterocycles. The third kappa shape index (κ3) is 1.54. The summed E-state index contributed by atoms with van der Waals surface area (Å²) < 4.78 is 0. The maximum absolute atomic E-state index is 10.3. The number of para-hydroxylation sites is 1. The minimum Gasteiger partial charge on any atom is -0.508 e. The molecular weight excluding hydrogens is 160 g/mol. The molecular formula is C8H8O4. The van der Waals surface area contributed by atoms with Crippen LogP contribution < -0.4 is 0 Å². The zero-order valence-electron chi connectivity index (χ0n) is 6.14. The van der Waals surface area contributed by atoms with Gasteiger partial charge in [-0.2, -0.15) is 0 Å². The van der Waals surface area contributed by atoms with Gasteiger partial charge in [0.25, 0.3) is 0 Å². The van der Waals surface area contributed by atoms with E-state index in [1.54, 1.807) is 12.1 Å². The zero-order valence-corrected chi connectivity index (χ0v) is 6.14. The minimum absolute atomic E-state index is 0.00463. The maximum atomic E-state index is 10.3. The van der Waals surface area contributed by atoms with Crippen molar-refractivity contribution in [3.8, 4) is 5.75 Å². The molecule has 4 nitrogen and oxygen atoms in total. The van der Waals surface area contributed by atoms with Crippen LogP contribution in [0, 0.1) is 0 Å². The first-order valence-corrected chi connectivity index (χ1v) is 3.31. The van der Waals surface area contributed by atoms with E-state index < -0.39 is 12.1 Å². The number of aromatic hydroxyl groups is 1. The molecule has 1 rings (SSSR count). The Hall–Kier alpha value is -1.55. The number of hydrogen-bond donors (Lipinski definition) is 3. The number of phenols is 1. The lowest BCUT2D eigenvalue weighted by Crippen LogP contribution is -2.10. The van der Waals surface area contributed by atoms with E-state index in [1.807, 2.05) is 0 Å². The van der Waals surface area contributed by atoms with Crippen LogP contribution in [0.1, 0.15) is 11.7 Å². The fourth-order valence-electron chi connectivity index (χ4n) is 0.852. The third-order valence-corrected chi connectivity index (χ3v) is 1.47. The van der Waals surface area contributed by atoms with E-state index in [9.17, 15) is 4.79 Å². The van der Waals surface area contributed by atoms with Crippen LogP contribution in [0.25, 0.3) is 0 Å². The molecule has 0 unspecified atom stereocenters. The van der Waals surface area contributed by atoms with Gasteiger partial charge in [0.1, 0.15) is 5.75 Å². The molecule has 1 aromatic carbocycles. The van der Waals surface area contributed by atoms with E-state index in [-0.39, 0.29) is 11.3 Å². The van der Waals surface area contributed by atoms with E-state index in [0.29, 0.717) is 0 Å². The first-order valence-electron chi connectivity index (χ1n) is 3.31. The van der Waals surface area contributed by atoms with Gasteiger partial charge in [-0.1, -0.05) is 18.2 Å². The number of carboxylic acid groups (broad SMARTS) is 1. The lowest BCUT2D eigenvalue weighted by Gasteiger charge is -2.06. The molecule has 0 saturated heterocycles. The summed E-state index contributed by atoms with van der Waals surface area (Å²) in [5.74, 6) is -1.59. The first kappa shape index (κ1) is 8.55. The van der Waals surface area contributed by atoms with Crippen LogP contribution in [0.5, 0.6) is 5.75 Å². The fourth-order valence-corrected chi connectivity index (χ4v) is 0.852. The van der Waals surface area contributed by atoms with E-state index in [2.05, 4.69) is 0 Å². The Balaban J connectivity index is 3.02. The van der Waals surface area contributed by atoms with E-state index >= 15 is 0 Å². The standard InChI is InChI=1S/C8H8O4/c9-6-4-2-1-3-5(6)7(10)8(11)12/h1-4,7,9-10H,(H,11,12)/t7-/m1/s1. The number of aliphatic hydroxyl groups is 1. The Morgan fingerprint density at radius 3 is 2.42 bits per heavy atom. The van der Waals surface area contributed by atoms with Crippen molar-refractivity contribution >= 4 is 5.97 Å². The molecule has 0 radical (unpaired) electrons. The van der Waals surface area contributed by atoms with Gasteiger partial charge in [-0.25, -0.2) is 4.79 Å². The number of carbonyl (C=O) groups is 1. The molecule has 0 aromatic heterocycles. The zero-order chi connectivity index (χ0) is 9.14. The van der Waals surface area contributed by atoms with Gasteiger partial charge in [0, 0.05) is 5.56 Å². The Kier molecular flexibility index (Phi) is 2.30. The maximum Gasteiger partial charge on any atom is 0.337 e. The van der Waals surface area contributed by atoms with Crippen LogP contribution in [0.4, 0.5) is 0 Å². The predicted molar refractivity (Wildman–Crippen MR) is 40.7 cm³/mol. The van der Waals surface area contributed by atoms with Gasteiger partial charge in [0.2, 0.25) is 0 Å². The summed E-state index contributed by atoms with van der Waals surface area (Å²) in [7, 11) is 0. The smallest absolute Gasteiger partial charge is 0.337 e. The Morgan fingerprint density at radius 2 is 1.92 bits per heavy atom. The van der Waals surface area contributed by atoms with Crippen molar-refractivity contribution in [2.75, 3.05) is 0 Å². The predicted octanol–water partition coefficient (Wildman–Crippen LogP) is 0.510. The lowest BCUT2D eigenvalue weighted by atomic mass is 10.1. The van der Waals surface area contributed by atoms with Crippen molar-refractivity contribution in [3.05, 3.63) is 29.8 Å². The molecule has 0 amide bonds. The van der Waals surface area contributed by atoms with Gasteiger partial charge in [-0.3, -0.25) is 0 Å². The van der Waals surface area contributed by atoms with Crippen LogP contribution >= 0.6 is 0 Å². The molecule has 4 heteroatoms. The number of benzene rings is 1. The molecule has 0 aliphatic rings. The van der Waals surface area contributed by atoms with E-state index in [4.69, 9.17) is 15.3 Å². The Labute approximate surface area is 68.7 Å². The topological polar surface area (TPSA) is 77.8 Å². The van der Waals surface area contributed by atoms with Crippen molar-refractivity contribution < 1.29 is 20.1 Å². The van der Waals surface area contributed by atoms with Crippen molar-refractivity contribution in [2.24, 2.45) is 0 Å². The van der Waals surface area contributed by atoms with Crippen LogP contribution in [0.2, 0.25) is 0 Å². The monoisotopic (exact) mass is 168 g/mol. The highest BCUT2D eigenvalue weighted by Crippen LogP contribution is 2.23. The summed E-state index contributed by atoms with van der Waals surface area (Å²) >= 11 is 0. The molecule has 12 heavy (non-hydrogen) atoms. The summed E-state index contributed by atoms with van der Waals surface area (Å²) in [6.45, 7) is 0. The van der Waals surface area contributed by atoms with Gasteiger partial charge >= 0.3 is 5.97 Å². The van der Waals surface area contributed by atoms with Crippen LogP contribution in [-0.4, -0.2) is 21.3 Å². The highest BCUT2D eigenvalue weighted by Gasteiger charge is 2.18. The average Bonchev–Trinajstić information content (AvgIpc) is 2.04. The van der Waals surface area contributed by atoms with Crippen molar-refractivity contribution in [3.63, 3.8) is 0 Å². The van der Waals surface area contributed by atoms with Gasteiger partial charge in [0.15, 0.2) is 6.10 Å². The summed E-state index contributed by atoms with van der Waals surface area (Å²) in [4.78, 5) is 10.3. The summed E-state index contributed by atoms with van der Waals surface area (Å²) in [5.41, 5.74) is 0.00463. The number of aliphatic carboxylic acids is 1. The second-order valence-electron chi connectivity index (χ2n) is 2.30.